The normalized spacial score (nSPS) is 10.5. The number of benzene rings is 2. The molecule has 0 spiro atoms. The molecule has 138 valence electrons. The first-order valence-electron chi connectivity index (χ1n) is 8.37. The number of hydrogen-bond acceptors (Lipinski definition) is 3. The Morgan fingerprint density at radius 2 is 1.77 bits per heavy atom. The van der Waals surface area contributed by atoms with Crippen LogP contribution in [-0.4, -0.2) is 18.4 Å². The van der Waals surface area contributed by atoms with Crippen LogP contribution in [0, 0.1) is 13.8 Å². The van der Waals surface area contributed by atoms with E-state index in [-0.39, 0.29) is 18.4 Å². The van der Waals surface area contributed by atoms with Crippen LogP contribution in [0.15, 0.2) is 40.9 Å². The lowest BCUT2D eigenvalue weighted by molar-refractivity contribution is -0.123. The fourth-order valence-electron chi connectivity index (χ4n) is 2.45. The molecular weight excluding hydrogens is 396 g/mol. The van der Waals surface area contributed by atoms with Gasteiger partial charge in [0.1, 0.15) is 5.75 Å². The summed E-state index contributed by atoms with van der Waals surface area (Å²) in [5.74, 6) is 0.132. The lowest BCUT2D eigenvalue weighted by Gasteiger charge is -2.16. The number of nitrogens with one attached hydrogen (secondary N) is 2. The Morgan fingerprint density at radius 3 is 2.42 bits per heavy atom. The number of halogens is 1. The Labute approximate surface area is 162 Å². The van der Waals surface area contributed by atoms with Crippen LogP contribution in [0.3, 0.4) is 0 Å². The maximum absolute atomic E-state index is 12.1. The molecule has 0 heterocycles. The van der Waals surface area contributed by atoms with Gasteiger partial charge in [0.05, 0.1) is 0 Å². The van der Waals surface area contributed by atoms with Crippen LogP contribution in [0.4, 0.5) is 0 Å². The third-order valence-corrected chi connectivity index (χ3v) is 4.83. The van der Waals surface area contributed by atoms with E-state index in [2.05, 4.69) is 40.6 Å². The van der Waals surface area contributed by atoms with E-state index in [9.17, 15) is 9.59 Å². The SMILES string of the molecule is Cc1cc(OCC(=O)NNC(=O)c2ccccc2C)c(C(C)C)cc1Br. The molecule has 0 bridgehead atoms. The van der Waals surface area contributed by atoms with Crippen molar-refractivity contribution in [1.29, 1.82) is 0 Å². The van der Waals surface area contributed by atoms with E-state index in [0.717, 1.165) is 21.2 Å². The predicted octanol–water partition coefficient (Wildman–Crippen LogP) is 4.03. The Morgan fingerprint density at radius 1 is 1.08 bits per heavy atom. The standard InChI is InChI=1S/C20H23BrN2O3/c1-12(2)16-10-17(21)14(4)9-18(16)26-11-19(24)22-23-20(25)15-8-6-5-7-13(15)3/h5-10,12H,11H2,1-4H3,(H,22,24)(H,23,25). The van der Waals surface area contributed by atoms with Gasteiger partial charge in [-0.1, -0.05) is 48.0 Å². The molecule has 0 aliphatic heterocycles. The van der Waals surface area contributed by atoms with Crippen LogP contribution in [0.1, 0.15) is 46.8 Å². The summed E-state index contributed by atoms with van der Waals surface area (Å²) in [5.41, 5.74) is 8.18. The second-order valence-corrected chi connectivity index (χ2v) is 7.25. The Kier molecular flexibility index (Phi) is 6.80. The molecule has 0 radical (unpaired) electrons. The van der Waals surface area contributed by atoms with Crippen LogP contribution >= 0.6 is 15.9 Å². The van der Waals surface area contributed by atoms with E-state index in [4.69, 9.17) is 4.74 Å². The highest BCUT2D eigenvalue weighted by Gasteiger charge is 2.13. The van der Waals surface area contributed by atoms with Crippen LogP contribution < -0.4 is 15.6 Å². The number of carbonyl (C=O) groups is 2. The molecule has 0 aliphatic carbocycles. The maximum atomic E-state index is 12.1. The van der Waals surface area contributed by atoms with Gasteiger partial charge in [0.2, 0.25) is 0 Å². The van der Waals surface area contributed by atoms with Crippen LogP contribution in [-0.2, 0) is 4.79 Å². The minimum absolute atomic E-state index is 0.186. The van der Waals surface area contributed by atoms with Crippen LogP contribution in [0.2, 0.25) is 0 Å². The molecule has 0 aromatic heterocycles. The van der Waals surface area contributed by atoms with Crippen molar-refractivity contribution in [1.82, 2.24) is 10.9 Å². The summed E-state index contributed by atoms with van der Waals surface area (Å²) in [6.45, 7) is 7.74. The van der Waals surface area contributed by atoms with Crippen molar-refractivity contribution in [3.8, 4) is 5.75 Å². The minimum Gasteiger partial charge on any atom is -0.483 e. The highest BCUT2D eigenvalue weighted by atomic mass is 79.9. The number of amides is 2. The molecule has 2 N–H and O–H groups in total. The van der Waals surface area contributed by atoms with Gasteiger partial charge in [-0.05, 0) is 54.7 Å². The molecule has 2 amide bonds. The minimum atomic E-state index is -0.429. The number of rotatable bonds is 5. The number of aryl methyl sites for hydroxylation is 2. The molecule has 0 unspecified atom stereocenters. The number of hydrazine groups is 1. The lowest BCUT2D eigenvalue weighted by atomic mass is 10.0. The van der Waals surface area contributed by atoms with Crippen molar-refractivity contribution in [2.45, 2.75) is 33.6 Å². The third-order valence-electron chi connectivity index (χ3n) is 3.98. The van der Waals surface area contributed by atoms with Gasteiger partial charge in [-0.3, -0.25) is 20.4 Å². The molecule has 0 aliphatic rings. The molecule has 6 heteroatoms. The molecule has 2 aromatic carbocycles. The predicted molar refractivity (Wildman–Crippen MR) is 105 cm³/mol. The molecule has 0 saturated heterocycles. The van der Waals surface area contributed by atoms with E-state index in [0.29, 0.717) is 11.3 Å². The Balaban J connectivity index is 1.94. The van der Waals surface area contributed by atoms with E-state index in [1.54, 1.807) is 12.1 Å². The van der Waals surface area contributed by atoms with Gasteiger partial charge < -0.3 is 4.74 Å². The van der Waals surface area contributed by atoms with Gasteiger partial charge in [0.15, 0.2) is 6.61 Å². The molecule has 0 atom stereocenters. The van der Waals surface area contributed by atoms with Gasteiger partial charge in [0.25, 0.3) is 11.8 Å². The van der Waals surface area contributed by atoms with Gasteiger partial charge in [0, 0.05) is 10.0 Å². The highest BCUT2D eigenvalue weighted by molar-refractivity contribution is 9.10. The second-order valence-electron chi connectivity index (χ2n) is 6.40. The lowest BCUT2D eigenvalue weighted by Crippen LogP contribution is -2.44. The molecule has 2 rings (SSSR count). The van der Waals surface area contributed by atoms with E-state index in [1.807, 2.05) is 38.1 Å². The highest BCUT2D eigenvalue weighted by Crippen LogP contribution is 2.32. The van der Waals surface area contributed by atoms with Gasteiger partial charge in [-0.2, -0.15) is 0 Å². The number of carbonyl (C=O) groups excluding carboxylic acids is 2. The van der Waals surface area contributed by atoms with Crippen molar-refractivity contribution >= 4 is 27.7 Å². The van der Waals surface area contributed by atoms with Crippen molar-refractivity contribution in [2.75, 3.05) is 6.61 Å². The quantitative estimate of drug-likeness (QED) is 0.720. The molecule has 26 heavy (non-hydrogen) atoms. The summed E-state index contributed by atoms with van der Waals surface area (Å²) < 4.78 is 6.68. The molecule has 5 nitrogen and oxygen atoms in total. The van der Waals surface area contributed by atoms with Crippen LogP contribution in [0.25, 0.3) is 0 Å². The summed E-state index contributed by atoms with van der Waals surface area (Å²) in [7, 11) is 0. The zero-order chi connectivity index (χ0) is 19.3. The number of hydrogen-bond donors (Lipinski definition) is 2. The van der Waals surface area contributed by atoms with E-state index < -0.39 is 5.91 Å². The maximum Gasteiger partial charge on any atom is 0.276 e. The average Bonchev–Trinajstić information content (AvgIpc) is 2.60. The summed E-state index contributed by atoms with van der Waals surface area (Å²) in [4.78, 5) is 24.1. The van der Waals surface area contributed by atoms with E-state index in [1.165, 1.54) is 0 Å². The average molecular weight is 419 g/mol. The second kappa shape index (κ2) is 8.85. The van der Waals surface area contributed by atoms with Crippen LogP contribution in [0.5, 0.6) is 5.75 Å². The Bertz CT molecular complexity index is 819. The summed E-state index contributed by atoms with van der Waals surface area (Å²) in [6, 6.07) is 11.1. The third kappa shape index (κ3) is 5.08. The van der Waals surface area contributed by atoms with Gasteiger partial charge in [-0.25, -0.2) is 0 Å². The monoisotopic (exact) mass is 418 g/mol. The zero-order valence-corrected chi connectivity index (χ0v) is 16.9. The molecular formula is C20H23BrN2O3. The molecule has 0 fully saturated rings. The first-order valence-corrected chi connectivity index (χ1v) is 9.16. The Hall–Kier alpha value is -2.34. The van der Waals surface area contributed by atoms with Gasteiger partial charge >= 0.3 is 0 Å². The summed E-state index contributed by atoms with van der Waals surface area (Å²) in [6.07, 6.45) is 0. The van der Waals surface area contributed by atoms with Crippen molar-refractivity contribution < 1.29 is 14.3 Å². The van der Waals surface area contributed by atoms with Crippen molar-refractivity contribution in [2.24, 2.45) is 0 Å². The van der Waals surface area contributed by atoms with E-state index >= 15 is 0 Å². The smallest absolute Gasteiger partial charge is 0.276 e. The first-order chi connectivity index (χ1) is 12.3. The molecule has 0 saturated carbocycles. The fourth-order valence-corrected chi connectivity index (χ4v) is 2.81. The fraction of sp³-hybridized carbons (Fsp3) is 0.300. The van der Waals surface area contributed by atoms with Crippen molar-refractivity contribution in [3.05, 3.63) is 63.1 Å². The van der Waals surface area contributed by atoms with Gasteiger partial charge in [-0.15, -0.1) is 0 Å². The summed E-state index contributed by atoms with van der Waals surface area (Å²) in [5, 5.41) is 0. The number of ether oxygens (including phenoxy) is 1. The molecule has 2 aromatic rings. The zero-order valence-electron chi connectivity index (χ0n) is 15.4. The van der Waals surface area contributed by atoms with Crippen molar-refractivity contribution in [3.63, 3.8) is 0 Å². The summed E-state index contributed by atoms with van der Waals surface area (Å²) >= 11 is 3.52. The topological polar surface area (TPSA) is 67.4 Å². The first kappa shape index (κ1) is 20.0. The largest absolute Gasteiger partial charge is 0.483 e.